The van der Waals surface area contributed by atoms with Gasteiger partial charge in [-0.05, 0) is 36.8 Å². The molecule has 6 nitrogen and oxygen atoms in total. The Kier molecular flexibility index (Phi) is 6.30. The summed E-state index contributed by atoms with van der Waals surface area (Å²) in [6.07, 6.45) is 0. The molecule has 152 valence electrons. The van der Waals surface area contributed by atoms with E-state index in [0.29, 0.717) is 32.6 Å². The molecular formula is C21H21ClN2O4S. The third-order valence-electron chi connectivity index (χ3n) is 4.43. The van der Waals surface area contributed by atoms with Gasteiger partial charge in [0.15, 0.2) is 16.3 Å². The van der Waals surface area contributed by atoms with E-state index in [1.54, 1.807) is 12.1 Å². The van der Waals surface area contributed by atoms with Crippen LogP contribution in [0.5, 0.6) is 17.2 Å². The molecule has 0 radical (unpaired) electrons. The van der Waals surface area contributed by atoms with Gasteiger partial charge in [0.05, 0.1) is 27.0 Å². The Morgan fingerprint density at radius 1 is 1.03 bits per heavy atom. The maximum absolute atomic E-state index is 12.9. The van der Waals surface area contributed by atoms with E-state index in [1.807, 2.05) is 42.8 Å². The van der Waals surface area contributed by atoms with Crippen LogP contribution in [-0.2, 0) is 7.05 Å². The molecule has 0 aliphatic carbocycles. The van der Waals surface area contributed by atoms with Crippen molar-refractivity contribution in [3.8, 4) is 28.5 Å². The third-order valence-corrected chi connectivity index (χ3v) is 5.73. The predicted octanol–water partition coefficient (Wildman–Crippen LogP) is 4.48. The molecule has 1 heterocycles. The fourth-order valence-electron chi connectivity index (χ4n) is 3.04. The van der Waals surface area contributed by atoms with E-state index >= 15 is 0 Å². The van der Waals surface area contributed by atoms with Gasteiger partial charge in [-0.1, -0.05) is 23.7 Å². The minimum atomic E-state index is -0.399. The van der Waals surface area contributed by atoms with Gasteiger partial charge in [0.1, 0.15) is 0 Å². The zero-order valence-electron chi connectivity index (χ0n) is 16.8. The highest BCUT2D eigenvalue weighted by Gasteiger charge is 2.17. The molecule has 29 heavy (non-hydrogen) atoms. The van der Waals surface area contributed by atoms with Crippen LogP contribution in [0.3, 0.4) is 0 Å². The number of thiazole rings is 1. The summed E-state index contributed by atoms with van der Waals surface area (Å²) in [6.45, 7) is 2.00. The van der Waals surface area contributed by atoms with Crippen LogP contribution < -0.4 is 19.0 Å². The molecule has 8 heteroatoms. The number of benzene rings is 2. The van der Waals surface area contributed by atoms with Gasteiger partial charge in [-0.3, -0.25) is 4.79 Å². The molecule has 1 amide bonds. The first kappa shape index (κ1) is 21.0. The molecular weight excluding hydrogens is 412 g/mol. The Morgan fingerprint density at radius 2 is 1.62 bits per heavy atom. The molecule has 0 bridgehead atoms. The molecule has 0 unspecified atom stereocenters. The van der Waals surface area contributed by atoms with Crippen molar-refractivity contribution in [1.29, 1.82) is 0 Å². The van der Waals surface area contributed by atoms with Crippen molar-refractivity contribution in [2.75, 3.05) is 21.3 Å². The summed E-state index contributed by atoms with van der Waals surface area (Å²) in [5.41, 5.74) is 2.34. The number of hydrogen-bond donors (Lipinski definition) is 0. The molecule has 1 aromatic heterocycles. The van der Waals surface area contributed by atoms with Gasteiger partial charge >= 0.3 is 0 Å². The van der Waals surface area contributed by atoms with Crippen molar-refractivity contribution in [2.45, 2.75) is 6.92 Å². The van der Waals surface area contributed by atoms with Gasteiger partial charge in [-0.2, -0.15) is 4.99 Å². The third kappa shape index (κ3) is 4.16. The zero-order chi connectivity index (χ0) is 21.1. The van der Waals surface area contributed by atoms with Gasteiger partial charge in [-0.15, -0.1) is 11.3 Å². The molecule has 0 aliphatic rings. The van der Waals surface area contributed by atoms with Crippen molar-refractivity contribution in [1.82, 2.24) is 4.57 Å². The summed E-state index contributed by atoms with van der Waals surface area (Å²) in [6, 6.07) is 10.8. The Bertz CT molecular complexity index is 1090. The van der Waals surface area contributed by atoms with Crippen molar-refractivity contribution in [2.24, 2.45) is 12.0 Å². The highest BCUT2D eigenvalue weighted by molar-refractivity contribution is 7.09. The SMILES string of the molecule is COc1cc(C(=O)N=c2sc(C)c(-c3ccc(Cl)cc3)n2C)cc(OC)c1OC. The summed E-state index contributed by atoms with van der Waals surface area (Å²) in [4.78, 5) is 18.8. The number of carbonyl (C=O) groups is 1. The molecule has 0 fully saturated rings. The van der Waals surface area contributed by atoms with E-state index < -0.39 is 5.91 Å². The topological polar surface area (TPSA) is 62.0 Å². The minimum absolute atomic E-state index is 0.346. The number of halogens is 1. The number of ether oxygens (including phenoxy) is 3. The largest absolute Gasteiger partial charge is 0.493 e. The average Bonchev–Trinajstić information content (AvgIpc) is 3.00. The van der Waals surface area contributed by atoms with E-state index in [2.05, 4.69) is 4.99 Å². The van der Waals surface area contributed by atoms with Gasteiger partial charge in [-0.25, -0.2) is 0 Å². The van der Waals surface area contributed by atoms with Crippen LogP contribution in [0.1, 0.15) is 15.2 Å². The Hall–Kier alpha value is -2.77. The maximum Gasteiger partial charge on any atom is 0.279 e. The summed E-state index contributed by atoms with van der Waals surface area (Å²) in [7, 11) is 6.40. The number of rotatable bonds is 5. The quantitative estimate of drug-likeness (QED) is 0.596. The van der Waals surface area contributed by atoms with E-state index in [4.69, 9.17) is 25.8 Å². The Labute approximate surface area is 178 Å². The lowest BCUT2D eigenvalue weighted by molar-refractivity contribution is 0.0997. The summed E-state index contributed by atoms with van der Waals surface area (Å²) < 4.78 is 17.8. The lowest BCUT2D eigenvalue weighted by Crippen LogP contribution is -2.14. The van der Waals surface area contributed by atoms with E-state index in [-0.39, 0.29) is 0 Å². The van der Waals surface area contributed by atoms with Crippen molar-refractivity contribution in [3.63, 3.8) is 0 Å². The van der Waals surface area contributed by atoms with Crippen molar-refractivity contribution < 1.29 is 19.0 Å². The predicted molar refractivity (Wildman–Crippen MR) is 114 cm³/mol. The van der Waals surface area contributed by atoms with Crippen LogP contribution in [-0.4, -0.2) is 31.8 Å². The van der Waals surface area contributed by atoms with Gasteiger partial charge in [0, 0.05) is 22.5 Å². The monoisotopic (exact) mass is 432 g/mol. The second-order valence-corrected chi connectivity index (χ2v) is 7.80. The molecule has 3 aromatic rings. The summed E-state index contributed by atoms with van der Waals surface area (Å²) in [5, 5.41) is 0.673. The van der Waals surface area contributed by atoms with Gasteiger partial charge in [0.2, 0.25) is 5.75 Å². The number of nitrogens with zero attached hydrogens (tertiary/aromatic N) is 2. The first-order valence-corrected chi connectivity index (χ1v) is 9.90. The Morgan fingerprint density at radius 3 is 2.14 bits per heavy atom. The molecule has 0 saturated heterocycles. The lowest BCUT2D eigenvalue weighted by Gasteiger charge is -2.12. The number of hydrogen-bond acceptors (Lipinski definition) is 5. The van der Waals surface area contributed by atoms with Crippen LogP contribution >= 0.6 is 22.9 Å². The molecule has 2 aromatic carbocycles. The lowest BCUT2D eigenvalue weighted by atomic mass is 10.1. The smallest absolute Gasteiger partial charge is 0.279 e. The molecule has 0 saturated carbocycles. The fraction of sp³-hybridized carbons (Fsp3) is 0.238. The number of methoxy groups -OCH3 is 3. The second kappa shape index (κ2) is 8.71. The first-order valence-electron chi connectivity index (χ1n) is 8.71. The normalized spacial score (nSPS) is 11.4. The van der Waals surface area contributed by atoms with Crippen LogP contribution in [0.4, 0.5) is 0 Å². The fourth-order valence-corrected chi connectivity index (χ4v) is 4.15. The summed E-state index contributed by atoms with van der Waals surface area (Å²) in [5.74, 6) is 0.829. The van der Waals surface area contributed by atoms with Crippen LogP contribution in [0.15, 0.2) is 41.4 Å². The number of amides is 1. The van der Waals surface area contributed by atoms with E-state index in [1.165, 1.54) is 32.7 Å². The molecule has 0 atom stereocenters. The summed E-state index contributed by atoms with van der Waals surface area (Å²) >= 11 is 7.44. The second-order valence-electron chi connectivity index (χ2n) is 6.19. The highest BCUT2D eigenvalue weighted by Crippen LogP contribution is 2.38. The molecule has 3 rings (SSSR count). The maximum atomic E-state index is 12.9. The van der Waals surface area contributed by atoms with E-state index in [9.17, 15) is 4.79 Å². The van der Waals surface area contributed by atoms with Crippen molar-refractivity contribution >= 4 is 28.8 Å². The van der Waals surface area contributed by atoms with Gasteiger partial charge < -0.3 is 18.8 Å². The standard InChI is InChI=1S/C21H21ClN2O4S/c1-12-18(13-6-8-15(22)9-7-13)24(2)21(29-12)23-20(25)14-10-16(26-3)19(28-5)17(11-14)27-4/h6-11H,1-5H3. The number of aromatic nitrogens is 1. The Balaban J connectivity index is 2.06. The van der Waals surface area contributed by atoms with Crippen LogP contribution in [0.25, 0.3) is 11.3 Å². The average molecular weight is 433 g/mol. The highest BCUT2D eigenvalue weighted by atomic mass is 35.5. The number of carbonyl (C=O) groups excluding carboxylic acids is 1. The van der Waals surface area contributed by atoms with Gasteiger partial charge in [0.25, 0.3) is 5.91 Å². The van der Waals surface area contributed by atoms with Crippen LogP contribution in [0, 0.1) is 6.92 Å². The van der Waals surface area contributed by atoms with Crippen molar-refractivity contribution in [3.05, 3.63) is 56.7 Å². The number of aryl methyl sites for hydroxylation is 1. The molecule has 0 N–H and O–H groups in total. The molecule has 0 aliphatic heterocycles. The first-order chi connectivity index (χ1) is 13.9. The molecule has 0 spiro atoms. The van der Waals surface area contributed by atoms with Crippen LogP contribution in [0.2, 0.25) is 5.02 Å². The minimum Gasteiger partial charge on any atom is -0.493 e. The van der Waals surface area contributed by atoms with E-state index in [0.717, 1.165) is 16.1 Å². The zero-order valence-corrected chi connectivity index (χ0v) is 18.4.